The molecule has 0 aliphatic rings. The highest BCUT2D eigenvalue weighted by molar-refractivity contribution is 6.05. The van der Waals surface area contributed by atoms with Crippen molar-refractivity contribution in [3.05, 3.63) is 60.3 Å². The maximum Gasteiger partial charge on any atom is 0.253 e. The van der Waals surface area contributed by atoms with Crippen LogP contribution in [0.25, 0.3) is 10.9 Å². The van der Waals surface area contributed by atoms with E-state index in [1.165, 1.54) is 0 Å². The van der Waals surface area contributed by atoms with E-state index >= 15 is 0 Å². The van der Waals surface area contributed by atoms with Gasteiger partial charge in [0.25, 0.3) is 5.91 Å². The maximum atomic E-state index is 12.2. The molecule has 0 fully saturated rings. The highest BCUT2D eigenvalue weighted by Gasteiger charge is 2.10. The highest BCUT2D eigenvalue weighted by Crippen LogP contribution is 2.15. The summed E-state index contributed by atoms with van der Waals surface area (Å²) in [7, 11) is 0. The first-order chi connectivity index (χ1) is 9.34. The van der Waals surface area contributed by atoms with E-state index in [0.29, 0.717) is 17.6 Å². The van der Waals surface area contributed by atoms with Gasteiger partial charge < -0.3 is 10.3 Å². The van der Waals surface area contributed by atoms with Crippen molar-refractivity contribution in [3.63, 3.8) is 0 Å². The van der Waals surface area contributed by atoms with E-state index in [0.717, 1.165) is 11.2 Å². The average Bonchev–Trinajstić information content (AvgIpc) is 2.97. The van der Waals surface area contributed by atoms with Gasteiger partial charge >= 0.3 is 0 Å². The Morgan fingerprint density at radius 1 is 1.16 bits per heavy atom. The molecule has 2 heterocycles. The molecular weight excluding hydrogens is 240 g/mol. The number of aromatic amines is 1. The number of nitrogens with one attached hydrogen (secondary N) is 2. The molecule has 0 unspecified atom stereocenters. The molecule has 0 saturated heterocycles. The molecule has 3 aromatic rings. The van der Waals surface area contributed by atoms with Gasteiger partial charge in [-0.1, -0.05) is 18.2 Å². The van der Waals surface area contributed by atoms with Crippen molar-refractivity contribution >= 4 is 16.8 Å². The van der Waals surface area contributed by atoms with Crippen molar-refractivity contribution in [2.45, 2.75) is 6.54 Å². The third-order valence-electron chi connectivity index (χ3n) is 2.85. The Morgan fingerprint density at radius 3 is 2.89 bits per heavy atom. The molecule has 0 atom stereocenters. The number of rotatable bonds is 3. The molecule has 0 radical (unpaired) electrons. The number of H-pyrrole nitrogens is 1. The van der Waals surface area contributed by atoms with Gasteiger partial charge in [-0.2, -0.15) is 0 Å². The zero-order valence-electron chi connectivity index (χ0n) is 10.1. The van der Waals surface area contributed by atoms with Crippen molar-refractivity contribution in [1.82, 2.24) is 20.3 Å². The van der Waals surface area contributed by atoms with E-state index in [9.17, 15) is 4.79 Å². The minimum atomic E-state index is -0.152. The number of carbonyl (C=O) groups is 1. The fraction of sp³-hybridized carbons (Fsp3) is 0.0714. The summed E-state index contributed by atoms with van der Waals surface area (Å²) >= 11 is 0. The van der Waals surface area contributed by atoms with Crippen LogP contribution in [-0.2, 0) is 6.54 Å². The van der Waals surface area contributed by atoms with Gasteiger partial charge in [0.1, 0.15) is 5.82 Å². The van der Waals surface area contributed by atoms with E-state index in [1.54, 1.807) is 24.7 Å². The fourth-order valence-corrected chi connectivity index (χ4v) is 1.94. The first-order valence-corrected chi connectivity index (χ1v) is 5.95. The predicted octanol–water partition coefficient (Wildman–Crippen LogP) is 1.89. The number of fused-ring (bicyclic) bond motifs is 1. The number of amides is 1. The Balaban J connectivity index is 1.85. The number of benzene rings is 1. The van der Waals surface area contributed by atoms with Crippen LogP contribution in [0.1, 0.15) is 16.2 Å². The second kappa shape index (κ2) is 4.89. The smallest absolute Gasteiger partial charge is 0.253 e. The number of nitrogens with zero attached hydrogens (tertiary/aromatic N) is 2. The largest absolute Gasteiger partial charge is 0.347 e. The highest BCUT2D eigenvalue weighted by atomic mass is 16.1. The van der Waals surface area contributed by atoms with Crippen molar-refractivity contribution in [2.75, 3.05) is 0 Å². The van der Waals surface area contributed by atoms with E-state index in [4.69, 9.17) is 0 Å². The van der Waals surface area contributed by atoms with Crippen LogP contribution in [0, 0.1) is 0 Å². The molecule has 1 amide bonds. The number of imidazole rings is 1. The molecule has 1 aromatic carbocycles. The topological polar surface area (TPSA) is 70.7 Å². The molecule has 94 valence electrons. The Bertz CT molecular complexity index is 701. The van der Waals surface area contributed by atoms with Crippen molar-refractivity contribution < 1.29 is 4.79 Å². The van der Waals surface area contributed by atoms with Gasteiger partial charge in [-0.15, -0.1) is 0 Å². The van der Waals surface area contributed by atoms with Crippen LogP contribution < -0.4 is 5.32 Å². The Kier molecular flexibility index (Phi) is 2.94. The van der Waals surface area contributed by atoms with Gasteiger partial charge in [-0.05, 0) is 12.1 Å². The Labute approximate surface area is 109 Å². The Hall–Kier alpha value is -2.69. The lowest BCUT2D eigenvalue weighted by Gasteiger charge is -2.06. The van der Waals surface area contributed by atoms with Crippen LogP contribution in [0.15, 0.2) is 48.9 Å². The van der Waals surface area contributed by atoms with Gasteiger partial charge in [-0.3, -0.25) is 9.78 Å². The minimum absolute atomic E-state index is 0.152. The standard InChI is InChI=1S/C14H12N4O/c19-14(18-9-12-15-7-8-16-12)11-5-1-3-10-4-2-6-17-13(10)11/h1-8H,9H2,(H,15,16)(H,18,19). The van der Waals surface area contributed by atoms with Gasteiger partial charge in [0.2, 0.25) is 0 Å². The molecule has 5 nitrogen and oxygen atoms in total. The monoisotopic (exact) mass is 252 g/mol. The minimum Gasteiger partial charge on any atom is -0.347 e. The molecule has 0 aliphatic carbocycles. The molecule has 0 aliphatic heterocycles. The fourth-order valence-electron chi connectivity index (χ4n) is 1.94. The average molecular weight is 252 g/mol. The number of pyridine rings is 1. The number of para-hydroxylation sites is 1. The lowest BCUT2D eigenvalue weighted by atomic mass is 10.1. The second-order valence-corrected chi connectivity index (χ2v) is 4.10. The summed E-state index contributed by atoms with van der Waals surface area (Å²) in [5.41, 5.74) is 1.28. The van der Waals surface area contributed by atoms with E-state index in [1.807, 2.05) is 24.3 Å². The summed E-state index contributed by atoms with van der Waals surface area (Å²) in [6, 6.07) is 9.35. The number of hydrogen-bond donors (Lipinski definition) is 2. The molecule has 0 spiro atoms. The zero-order valence-corrected chi connectivity index (χ0v) is 10.1. The molecular formula is C14H12N4O. The lowest BCUT2D eigenvalue weighted by molar-refractivity contribution is 0.0951. The summed E-state index contributed by atoms with van der Waals surface area (Å²) in [4.78, 5) is 23.4. The molecule has 0 saturated carbocycles. The third kappa shape index (κ3) is 2.30. The zero-order chi connectivity index (χ0) is 13.1. The molecule has 0 bridgehead atoms. The molecule has 3 rings (SSSR count). The van der Waals surface area contributed by atoms with E-state index in [-0.39, 0.29) is 5.91 Å². The first-order valence-electron chi connectivity index (χ1n) is 5.95. The van der Waals surface area contributed by atoms with Gasteiger partial charge in [0.15, 0.2) is 0 Å². The Morgan fingerprint density at radius 2 is 2.05 bits per heavy atom. The molecule has 2 aromatic heterocycles. The predicted molar refractivity (Wildman–Crippen MR) is 71.5 cm³/mol. The maximum absolute atomic E-state index is 12.2. The van der Waals surface area contributed by atoms with Crippen LogP contribution in [0.2, 0.25) is 0 Å². The van der Waals surface area contributed by atoms with Crippen molar-refractivity contribution in [3.8, 4) is 0 Å². The van der Waals surface area contributed by atoms with Crippen molar-refractivity contribution in [2.24, 2.45) is 0 Å². The van der Waals surface area contributed by atoms with Crippen LogP contribution in [0.5, 0.6) is 0 Å². The summed E-state index contributed by atoms with van der Waals surface area (Å²) in [5, 5.41) is 3.77. The SMILES string of the molecule is O=C(NCc1ncc[nH]1)c1cccc2cccnc12. The lowest BCUT2D eigenvalue weighted by Crippen LogP contribution is -2.23. The summed E-state index contributed by atoms with van der Waals surface area (Å²) < 4.78 is 0. The van der Waals surface area contributed by atoms with Gasteiger partial charge in [-0.25, -0.2) is 4.98 Å². The summed E-state index contributed by atoms with van der Waals surface area (Å²) in [5.74, 6) is 0.572. The van der Waals surface area contributed by atoms with Crippen LogP contribution >= 0.6 is 0 Å². The van der Waals surface area contributed by atoms with Crippen molar-refractivity contribution in [1.29, 1.82) is 0 Å². The van der Waals surface area contributed by atoms with E-state index in [2.05, 4.69) is 20.3 Å². The number of hydrogen-bond acceptors (Lipinski definition) is 3. The first kappa shape index (κ1) is 11.4. The number of carbonyl (C=O) groups excluding carboxylic acids is 1. The van der Waals surface area contributed by atoms with Crippen LogP contribution in [-0.4, -0.2) is 20.9 Å². The molecule has 2 N–H and O–H groups in total. The van der Waals surface area contributed by atoms with Crippen LogP contribution in [0.3, 0.4) is 0 Å². The van der Waals surface area contributed by atoms with Gasteiger partial charge in [0.05, 0.1) is 17.6 Å². The third-order valence-corrected chi connectivity index (χ3v) is 2.85. The quantitative estimate of drug-likeness (QED) is 0.747. The van der Waals surface area contributed by atoms with Crippen LogP contribution in [0.4, 0.5) is 0 Å². The molecule has 5 heteroatoms. The molecule has 19 heavy (non-hydrogen) atoms. The second-order valence-electron chi connectivity index (χ2n) is 4.10. The number of aromatic nitrogens is 3. The normalized spacial score (nSPS) is 10.5. The van der Waals surface area contributed by atoms with E-state index < -0.39 is 0 Å². The van der Waals surface area contributed by atoms with Gasteiger partial charge in [0, 0.05) is 24.0 Å². The summed E-state index contributed by atoms with van der Waals surface area (Å²) in [6.45, 7) is 0.370. The summed E-state index contributed by atoms with van der Waals surface area (Å²) in [6.07, 6.45) is 5.06.